The van der Waals surface area contributed by atoms with Gasteiger partial charge in [0.15, 0.2) is 0 Å². The van der Waals surface area contributed by atoms with Crippen LogP contribution in [0.4, 0.5) is 5.69 Å². The smallest absolute Gasteiger partial charge is 0.269 e. The number of piperidine rings is 1. The normalized spacial score (nSPS) is 20.2. The molecule has 1 amide bonds. The zero-order valence-corrected chi connectivity index (χ0v) is 17.7. The fourth-order valence-corrected chi connectivity index (χ4v) is 5.04. The SMILES string of the molecule is N#Cc1c(N2CCC3(CC2)CC3)c2cc(C(=O)NCCN3CCCC3)ncc2[nH]c1=O. The van der Waals surface area contributed by atoms with E-state index < -0.39 is 5.56 Å². The molecule has 1 spiro atoms. The second kappa shape index (κ2) is 7.97. The van der Waals surface area contributed by atoms with Gasteiger partial charge in [-0.3, -0.25) is 9.59 Å². The van der Waals surface area contributed by atoms with Crippen LogP contribution in [0.2, 0.25) is 0 Å². The minimum Gasteiger partial charge on any atom is -0.370 e. The summed E-state index contributed by atoms with van der Waals surface area (Å²) in [4.78, 5) is 36.8. The van der Waals surface area contributed by atoms with E-state index in [2.05, 4.69) is 31.2 Å². The molecule has 2 saturated heterocycles. The third-order valence-corrected chi connectivity index (χ3v) is 7.23. The highest BCUT2D eigenvalue weighted by Crippen LogP contribution is 2.54. The number of aromatic amines is 1. The number of carbonyl (C=O) groups is 1. The van der Waals surface area contributed by atoms with Gasteiger partial charge in [-0.15, -0.1) is 0 Å². The molecule has 31 heavy (non-hydrogen) atoms. The minimum atomic E-state index is -0.402. The van der Waals surface area contributed by atoms with Gasteiger partial charge in [-0.1, -0.05) is 0 Å². The fourth-order valence-electron chi connectivity index (χ4n) is 5.04. The average molecular weight is 421 g/mol. The van der Waals surface area contributed by atoms with Crippen LogP contribution in [0.1, 0.15) is 54.6 Å². The standard InChI is InChI=1S/C23H28N6O2/c24-14-17-20(29-10-5-23(3-4-23)6-11-29)16-13-18(26-15-19(16)27-21(17)30)22(31)25-7-12-28-8-1-2-9-28/h13,15H,1-12H2,(H,25,31)(H,27,30). The zero-order valence-electron chi connectivity index (χ0n) is 17.7. The summed E-state index contributed by atoms with van der Waals surface area (Å²) in [7, 11) is 0. The third kappa shape index (κ3) is 3.90. The highest BCUT2D eigenvalue weighted by Gasteiger charge is 2.44. The zero-order chi connectivity index (χ0) is 21.4. The van der Waals surface area contributed by atoms with E-state index in [1.54, 1.807) is 6.07 Å². The second-order valence-electron chi connectivity index (χ2n) is 9.20. The van der Waals surface area contributed by atoms with Crippen LogP contribution >= 0.6 is 0 Å². The number of nitriles is 1. The molecule has 4 heterocycles. The molecule has 0 bridgehead atoms. The van der Waals surface area contributed by atoms with Crippen LogP contribution in [0.25, 0.3) is 10.9 Å². The van der Waals surface area contributed by atoms with Crippen LogP contribution in [0.5, 0.6) is 0 Å². The highest BCUT2D eigenvalue weighted by atomic mass is 16.2. The fraction of sp³-hybridized carbons (Fsp3) is 0.565. The van der Waals surface area contributed by atoms with Crippen molar-refractivity contribution in [2.75, 3.05) is 44.2 Å². The topological polar surface area (TPSA) is 105 Å². The van der Waals surface area contributed by atoms with E-state index in [1.165, 1.54) is 31.9 Å². The van der Waals surface area contributed by atoms with E-state index in [9.17, 15) is 14.9 Å². The Morgan fingerprint density at radius 1 is 1.19 bits per heavy atom. The van der Waals surface area contributed by atoms with Crippen molar-refractivity contribution in [3.8, 4) is 6.07 Å². The van der Waals surface area contributed by atoms with Gasteiger partial charge in [-0.2, -0.15) is 5.26 Å². The number of anilines is 1. The number of hydrogen-bond donors (Lipinski definition) is 2. The summed E-state index contributed by atoms with van der Waals surface area (Å²) in [5.74, 6) is -0.229. The molecule has 2 aromatic heterocycles. The van der Waals surface area contributed by atoms with Gasteiger partial charge in [0, 0.05) is 31.6 Å². The molecule has 8 nitrogen and oxygen atoms in total. The van der Waals surface area contributed by atoms with Crippen LogP contribution in [0, 0.1) is 16.7 Å². The molecule has 8 heteroatoms. The lowest BCUT2D eigenvalue weighted by molar-refractivity contribution is 0.0945. The Kier molecular flexibility index (Phi) is 5.14. The largest absolute Gasteiger partial charge is 0.370 e. The van der Waals surface area contributed by atoms with Crippen LogP contribution in [-0.2, 0) is 0 Å². The molecule has 0 aromatic carbocycles. The van der Waals surface area contributed by atoms with Crippen LogP contribution in [0.15, 0.2) is 17.1 Å². The number of rotatable bonds is 5. The highest BCUT2D eigenvalue weighted by molar-refractivity contribution is 6.00. The Hall–Kier alpha value is -2.92. The molecule has 2 aliphatic heterocycles. The summed E-state index contributed by atoms with van der Waals surface area (Å²) < 4.78 is 0. The van der Waals surface area contributed by atoms with Gasteiger partial charge in [0.25, 0.3) is 11.5 Å². The molecule has 3 aliphatic rings. The lowest BCUT2D eigenvalue weighted by Gasteiger charge is -2.34. The Bertz CT molecular complexity index is 1100. The minimum absolute atomic E-state index is 0.117. The van der Waals surface area contributed by atoms with Crippen molar-refractivity contribution in [3.63, 3.8) is 0 Å². The van der Waals surface area contributed by atoms with E-state index in [0.717, 1.165) is 45.6 Å². The van der Waals surface area contributed by atoms with Crippen molar-refractivity contribution < 1.29 is 4.79 Å². The molecular weight excluding hydrogens is 392 g/mol. The van der Waals surface area contributed by atoms with Crippen molar-refractivity contribution in [3.05, 3.63) is 33.9 Å². The molecule has 1 aliphatic carbocycles. The summed E-state index contributed by atoms with van der Waals surface area (Å²) in [6.45, 7) is 5.25. The Balaban J connectivity index is 1.42. The molecule has 162 valence electrons. The molecule has 0 radical (unpaired) electrons. The molecule has 2 aromatic rings. The Morgan fingerprint density at radius 2 is 1.94 bits per heavy atom. The van der Waals surface area contributed by atoms with Crippen LogP contribution in [-0.4, -0.2) is 60.0 Å². The second-order valence-corrected chi connectivity index (χ2v) is 9.20. The Labute approximate surface area is 181 Å². The first kappa shape index (κ1) is 20.0. The maximum atomic E-state index is 12.7. The molecular formula is C23H28N6O2. The summed E-state index contributed by atoms with van der Waals surface area (Å²) in [5.41, 5.74) is 1.71. The molecule has 0 unspecified atom stereocenters. The van der Waals surface area contributed by atoms with Gasteiger partial charge in [-0.25, -0.2) is 4.98 Å². The number of nitrogens with zero attached hydrogens (tertiary/aromatic N) is 4. The summed E-state index contributed by atoms with van der Waals surface area (Å²) in [5, 5.41) is 13.4. The number of amides is 1. The first-order valence-corrected chi connectivity index (χ1v) is 11.3. The van der Waals surface area contributed by atoms with Crippen molar-refractivity contribution in [2.45, 2.75) is 38.5 Å². The number of pyridine rings is 2. The van der Waals surface area contributed by atoms with E-state index in [4.69, 9.17) is 0 Å². The van der Waals surface area contributed by atoms with Gasteiger partial charge < -0.3 is 20.1 Å². The number of H-pyrrole nitrogens is 1. The predicted molar refractivity (Wildman–Crippen MR) is 118 cm³/mol. The number of likely N-dealkylation sites (tertiary alicyclic amines) is 1. The molecule has 0 atom stereocenters. The number of carbonyl (C=O) groups excluding carboxylic acids is 1. The molecule has 1 saturated carbocycles. The van der Waals surface area contributed by atoms with Crippen molar-refractivity contribution in [2.24, 2.45) is 5.41 Å². The number of fused-ring (bicyclic) bond motifs is 1. The van der Waals surface area contributed by atoms with Gasteiger partial charge in [-0.05, 0) is 63.1 Å². The monoisotopic (exact) mass is 420 g/mol. The van der Waals surface area contributed by atoms with Gasteiger partial charge >= 0.3 is 0 Å². The average Bonchev–Trinajstić information content (AvgIpc) is 3.32. The number of aromatic nitrogens is 2. The van der Waals surface area contributed by atoms with E-state index in [1.807, 2.05) is 0 Å². The van der Waals surface area contributed by atoms with Gasteiger partial charge in [0.05, 0.1) is 17.4 Å². The van der Waals surface area contributed by atoms with E-state index in [0.29, 0.717) is 34.2 Å². The summed E-state index contributed by atoms with van der Waals surface area (Å²) in [6, 6.07) is 3.81. The molecule has 3 fully saturated rings. The van der Waals surface area contributed by atoms with E-state index >= 15 is 0 Å². The van der Waals surface area contributed by atoms with E-state index in [-0.39, 0.29) is 11.5 Å². The van der Waals surface area contributed by atoms with Gasteiger partial charge in [0.1, 0.15) is 17.3 Å². The lowest BCUT2D eigenvalue weighted by atomic mass is 9.92. The van der Waals surface area contributed by atoms with Crippen molar-refractivity contribution in [1.29, 1.82) is 5.26 Å². The Morgan fingerprint density at radius 3 is 2.61 bits per heavy atom. The first-order chi connectivity index (χ1) is 15.1. The quantitative estimate of drug-likeness (QED) is 0.767. The molecule has 2 N–H and O–H groups in total. The third-order valence-electron chi connectivity index (χ3n) is 7.23. The maximum absolute atomic E-state index is 12.7. The van der Waals surface area contributed by atoms with Crippen LogP contribution in [0.3, 0.4) is 0 Å². The van der Waals surface area contributed by atoms with Crippen molar-refractivity contribution >= 4 is 22.5 Å². The van der Waals surface area contributed by atoms with Gasteiger partial charge in [0.2, 0.25) is 0 Å². The maximum Gasteiger partial charge on any atom is 0.269 e. The number of nitrogens with one attached hydrogen (secondary N) is 2. The summed E-state index contributed by atoms with van der Waals surface area (Å²) in [6.07, 6.45) is 8.72. The predicted octanol–water partition coefficient (Wildman–Crippen LogP) is 2.00. The van der Waals surface area contributed by atoms with Crippen LogP contribution < -0.4 is 15.8 Å². The first-order valence-electron chi connectivity index (χ1n) is 11.3. The lowest BCUT2D eigenvalue weighted by Crippen LogP contribution is -2.36. The summed E-state index contributed by atoms with van der Waals surface area (Å²) >= 11 is 0. The van der Waals surface area contributed by atoms with Crippen molar-refractivity contribution in [1.82, 2.24) is 20.2 Å². The number of hydrogen-bond acceptors (Lipinski definition) is 6. The molecule has 5 rings (SSSR count).